The number of nitrogens with zero attached hydrogens (tertiary/aromatic N) is 4. The van der Waals surface area contributed by atoms with E-state index in [-0.39, 0.29) is 0 Å². The van der Waals surface area contributed by atoms with Gasteiger partial charge in [-0.3, -0.25) is 9.88 Å². The van der Waals surface area contributed by atoms with Crippen LogP contribution in [0.5, 0.6) is 0 Å². The van der Waals surface area contributed by atoms with Crippen LogP contribution in [-0.2, 0) is 19.5 Å². The molecular weight excluding hydrogens is 364 g/mol. The van der Waals surface area contributed by atoms with Crippen LogP contribution in [0.2, 0.25) is 0 Å². The highest BCUT2D eigenvalue weighted by atomic mass is 32.1. The Balaban J connectivity index is 1.28. The van der Waals surface area contributed by atoms with Crippen molar-refractivity contribution in [1.82, 2.24) is 19.9 Å². The highest BCUT2D eigenvalue weighted by Gasteiger charge is 2.19. The van der Waals surface area contributed by atoms with Crippen LogP contribution >= 0.6 is 11.3 Å². The second-order valence-electron chi connectivity index (χ2n) is 7.02. The van der Waals surface area contributed by atoms with Gasteiger partial charge in [0.25, 0.3) is 0 Å². The summed E-state index contributed by atoms with van der Waals surface area (Å²) in [7, 11) is 0. The first-order valence-corrected chi connectivity index (χ1v) is 10.3. The molecule has 1 aliphatic rings. The summed E-state index contributed by atoms with van der Waals surface area (Å²) >= 11 is 1.72. The first-order valence-electron chi connectivity index (χ1n) is 9.46. The Morgan fingerprint density at radius 1 is 0.929 bits per heavy atom. The zero-order chi connectivity index (χ0) is 18.8. The van der Waals surface area contributed by atoms with Gasteiger partial charge in [0.05, 0.1) is 16.3 Å². The largest absolute Gasteiger partial charge is 0.294 e. The second kappa shape index (κ2) is 7.62. The molecule has 28 heavy (non-hydrogen) atoms. The van der Waals surface area contributed by atoms with Crippen molar-refractivity contribution in [2.24, 2.45) is 0 Å². The monoisotopic (exact) mass is 384 g/mol. The zero-order valence-corrected chi connectivity index (χ0v) is 16.3. The van der Waals surface area contributed by atoms with Crippen molar-refractivity contribution < 1.29 is 0 Å². The van der Waals surface area contributed by atoms with Crippen molar-refractivity contribution in [2.45, 2.75) is 19.5 Å². The maximum absolute atomic E-state index is 4.82. The van der Waals surface area contributed by atoms with Gasteiger partial charge in [-0.2, -0.15) is 0 Å². The van der Waals surface area contributed by atoms with E-state index >= 15 is 0 Å². The predicted molar refractivity (Wildman–Crippen MR) is 113 cm³/mol. The van der Waals surface area contributed by atoms with Crippen LogP contribution in [0.3, 0.4) is 0 Å². The molecule has 0 saturated heterocycles. The van der Waals surface area contributed by atoms with Crippen LogP contribution in [0.15, 0.2) is 72.4 Å². The molecule has 4 nitrogen and oxygen atoms in total. The smallest absolute Gasteiger partial charge is 0.159 e. The van der Waals surface area contributed by atoms with Crippen molar-refractivity contribution in [1.29, 1.82) is 0 Å². The van der Waals surface area contributed by atoms with E-state index in [2.05, 4.69) is 56.6 Å². The third kappa shape index (κ3) is 3.59. The number of fused-ring (bicyclic) bond motifs is 1. The quantitative estimate of drug-likeness (QED) is 0.506. The van der Waals surface area contributed by atoms with Gasteiger partial charge in [-0.05, 0) is 23.1 Å². The Hall–Kier alpha value is -2.89. The average molecular weight is 385 g/mol. The molecule has 5 heteroatoms. The van der Waals surface area contributed by atoms with Gasteiger partial charge in [0.1, 0.15) is 0 Å². The molecule has 0 bridgehead atoms. The number of rotatable bonds is 4. The van der Waals surface area contributed by atoms with E-state index in [1.165, 1.54) is 21.7 Å². The number of hydrogen-bond donors (Lipinski definition) is 0. The van der Waals surface area contributed by atoms with Gasteiger partial charge in [-0.25, -0.2) is 9.97 Å². The SMILES string of the molecule is c1ccc(-c2ncc3c(n2)CCN(Cc2ccc(-c4cccs4)nc2)C3)cc1. The number of thiophene rings is 1. The predicted octanol–water partition coefficient (Wildman–Crippen LogP) is 4.83. The lowest BCUT2D eigenvalue weighted by Gasteiger charge is -2.28. The van der Waals surface area contributed by atoms with Gasteiger partial charge in [-0.15, -0.1) is 11.3 Å². The Morgan fingerprint density at radius 3 is 2.64 bits per heavy atom. The molecule has 0 saturated carbocycles. The molecule has 1 aromatic carbocycles. The molecule has 0 spiro atoms. The molecule has 3 aromatic heterocycles. The molecule has 0 radical (unpaired) electrons. The van der Waals surface area contributed by atoms with Crippen LogP contribution in [-0.4, -0.2) is 26.4 Å². The molecule has 1 aliphatic heterocycles. The van der Waals surface area contributed by atoms with E-state index in [0.29, 0.717) is 0 Å². The summed E-state index contributed by atoms with van der Waals surface area (Å²) in [6, 6.07) is 18.7. The van der Waals surface area contributed by atoms with Gasteiger partial charge in [0.2, 0.25) is 0 Å². The third-order valence-electron chi connectivity index (χ3n) is 5.05. The number of aromatic nitrogens is 3. The highest BCUT2D eigenvalue weighted by molar-refractivity contribution is 7.13. The highest BCUT2D eigenvalue weighted by Crippen LogP contribution is 2.24. The average Bonchev–Trinajstić information content (AvgIpc) is 3.29. The molecule has 5 rings (SSSR count). The van der Waals surface area contributed by atoms with Crippen LogP contribution < -0.4 is 0 Å². The molecule has 4 aromatic rings. The van der Waals surface area contributed by atoms with Gasteiger partial charge in [0.15, 0.2) is 5.82 Å². The molecule has 0 amide bonds. The van der Waals surface area contributed by atoms with Crippen LogP contribution in [0.25, 0.3) is 22.0 Å². The van der Waals surface area contributed by atoms with E-state index in [4.69, 9.17) is 4.98 Å². The lowest BCUT2D eigenvalue weighted by Crippen LogP contribution is -2.31. The summed E-state index contributed by atoms with van der Waals surface area (Å²) in [6.45, 7) is 2.79. The number of hydrogen-bond acceptors (Lipinski definition) is 5. The minimum atomic E-state index is 0.821. The Labute approximate surface area is 168 Å². The fourth-order valence-corrected chi connectivity index (χ4v) is 4.28. The summed E-state index contributed by atoms with van der Waals surface area (Å²) < 4.78 is 0. The Bertz CT molecular complexity index is 1060. The normalized spacial score (nSPS) is 14.0. The van der Waals surface area contributed by atoms with Crippen LogP contribution in [0, 0.1) is 0 Å². The van der Waals surface area contributed by atoms with E-state index < -0.39 is 0 Å². The van der Waals surface area contributed by atoms with E-state index in [0.717, 1.165) is 43.1 Å². The molecule has 0 unspecified atom stereocenters. The molecule has 0 aliphatic carbocycles. The van der Waals surface area contributed by atoms with E-state index in [9.17, 15) is 0 Å². The Kier molecular flexibility index (Phi) is 4.69. The van der Waals surface area contributed by atoms with E-state index in [1.54, 1.807) is 11.3 Å². The maximum atomic E-state index is 4.82. The van der Waals surface area contributed by atoms with Crippen molar-refractivity contribution in [2.75, 3.05) is 6.54 Å². The fourth-order valence-electron chi connectivity index (χ4n) is 3.58. The summed E-state index contributed by atoms with van der Waals surface area (Å²) in [6.07, 6.45) is 4.95. The van der Waals surface area contributed by atoms with Crippen molar-refractivity contribution in [3.8, 4) is 22.0 Å². The molecular formula is C23H20N4S. The van der Waals surface area contributed by atoms with E-state index in [1.807, 2.05) is 30.6 Å². The Morgan fingerprint density at radius 2 is 1.86 bits per heavy atom. The lowest BCUT2D eigenvalue weighted by molar-refractivity contribution is 0.242. The van der Waals surface area contributed by atoms with Crippen molar-refractivity contribution in [3.05, 3.63) is 89.2 Å². The molecule has 0 fully saturated rings. The van der Waals surface area contributed by atoms with Gasteiger partial charge in [0, 0.05) is 49.6 Å². The van der Waals surface area contributed by atoms with Gasteiger partial charge >= 0.3 is 0 Å². The molecule has 0 atom stereocenters. The topological polar surface area (TPSA) is 41.9 Å². The zero-order valence-electron chi connectivity index (χ0n) is 15.5. The van der Waals surface area contributed by atoms with Crippen molar-refractivity contribution >= 4 is 11.3 Å². The first kappa shape index (κ1) is 17.2. The fraction of sp³-hybridized carbons (Fsp3) is 0.174. The van der Waals surface area contributed by atoms with Crippen molar-refractivity contribution in [3.63, 3.8) is 0 Å². The first-order chi connectivity index (χ1) is 13.8. The van der Waals surface area contributed by atoms with Gasteiger partial charge in [-0.1, -0.05) is 42.5 Å². The lowest BCUT2D eigenvalue weighted by atomic mass is 10.1. The van der Waals surface area contributed by atoms with Gasteiger partial charge < -0.3 is 0 Å². The molecule has 0 N–H and O–H groups in total. The number of benzene rings is 1. The molecule has 138 valence electrons. The second-order valence-corrected chi connectivity index (χ2v) is 7.97. The number of pyridine rings is 1. The maximum Gasteiger partial charge on any atom is 0.159 e. The molecule has 4 heterocycles. The summed E-state index contributed by atoms with van der Waals surface area (Å²) in [5.41, 5.74) is 5.77. The van der Waals surface area contributed by atoms with Crippen LogP contribution in [0.4, 0.5) is 0 Å². The third-order valence-corrected chi connectivity index (χ3v) is 5.94. The minimum absolute atomic E-state index is 0.821. The summed E-state index contributed by atoms with van der Waals surface area (Å²) in [5.74, 6) is 0.821. The standard InChI is InChI=1S/C23H20N4S/c1-2-5-18(6-3-1)23-25-14-19-16-27(11-10-20(19)26-23)15-17-8-9-21(24-13-17)22-7-4-12-28-22/h1-9,12-14H,10-11,15-16H2. The van der Waals surface area contributed by atoms with Crippen LogP contribution in [0.1, 0.15) is 16.8 Å². The summed E-state index contributed by atoms with van der Waals surface area (Å²) in [5, 5.41) is 2.08. The summed E-state index contributed by atoms with van der Waals surface area (Å²) in [4.78, 5) is 17.7. The minimum Gasteiger partial charge on any atom is -0.294 e.